The summed E-state index contributed by atoms with van der Waals surface area (Å²) in [4.78, 5) is 0. The zero-order valence-electron chi connectivity index (χ0n) is 17.4. The highest BCUT2D eigenvalue weighted by atomic mass is 19.4. The lowest BCUT2D eigenvalue weighted by Gasteiger charge is -2.31. The Morgan fingerprint density at radius 1 is 0.886 bits per heavy atom. The molecule has 35 heavy (non-hydrogen) atoms. The van der Waals surface area contributed by atoms with Gasteiger partial charge in [0, 0.05) is 11.5 Å². The van der Waals surface area contributed by atoms with E-state index in [9.17, 15) is 35.8 Å². The van der Waals surface area contributed by atoms with Gasteiger partial charge in [-0.3, -0.25) is 0 Å². The number of rotatable bonds is 7. The van der Waals surface area contributed by atoms with Crippen molar-refractivity contribution in [2.45, 2.75) is 24.7 Å². The van der Waals surface area contributed by atoms with Gasteiger partial charge in [-0.05, 0) is 54.1 Å². The number of aliphatic hydroxyl groups is 1. The maximum Gasteiger partial charge on any atom is 0.573 e. The molecule has 12 heteroatoms. The average molecular weight is 500 g/mol. The molecule has 1 N–H and O–H groups in total. The van der Waals surface area contributed by atoms with Crippen LogP contribution in [0.5, 0.6) is 11.5 Å². The number of halogens is 7. The molecule has 0 aliphatic heterocycles. The average Bonchev–Trinajstić information content (AvgIpc) is 3.21. The molecular weight excluding hydrogens is 485 g/mol. The maximum absolute atomic E-state index is 15.0. The van der Waals surface area contributed by atoms with Gasteiger partial charge in [0.15, 0.2) is 0 Å². The summed E-state index contributed by atoms with van der Waals surface area (Å²) in [5.74, 6) is -1.82. The Bertz CT molecular complexity index is 1320. The molecule has 3 aromatic carbocycles. The van der Waals surface area contributed by atoms with Gasteiger partial charge in [0.05, 0.1) is 17.4 Å². The summed E-state index contributed by atoms with van der Waals surface area (Å²) in [7, 11) is 0. The standard InChI is InChI=1S/C23H15F7N2O3/c24-15-5-7-16(8-6-15)32-19-9-4-14(10-13(19)12-31-32)22(33,20(25)26)21(27)34-17-2-1-3-18(11-17)35-23(28,29)30/h1-12,20-21,33H. The Hall–Kier alpha value is -3.80. The first-order valence-electron chi connectivity index (χ1n) is 9.88. The first-order chi connectivity index (χ1) is 16.5. The zero-order chi connectivity index (χ0) is 25.4. The molecule has 4 rings (SSSR count). The van der Waals surface area contributed by atoms with Crippen LogP contribution in [-0.2, 0) is 5.60 Å². The Balaban J connectivity index is 1.64. The summed E-state index contributed by atoms with van der Waals surface area (Å²) in [6.07, 6.45) is -10.5. The maximum atomic E-state index is 15.0. The molecular formula is C23H15F7N2O3. The van der Waals surface area contributed by atoms with Crippen LogP contribution in [0.25, 0.3) is 16.6 Å². The monoisotopic (exact) mass is 500 g/mol. The van der Waals surface area contributed by atoms with Crippen molar-refractivity contribution < 1.29 is 45.3 Å². The molecule has 0 amide bonds. The molecule has 0 fully saturated rings. The molecule has 0 aliphatic rings. The quantitative estimate of drug-likeness (QED) is 0.322. The van der Waals surface area contributed by atoms with E-state index in [0.29, 0.717) is 17.3 Å². The van der Waals surface area contributed by atoms with Crippen molar-refractivity contribution in [3.63, 3.8) is 0 Å². The van der Waals surface area contributed by atoms with E-state index in [2.05, 4.69) is 9.84 Å². The molecule has 0 aliphatic carbocycles. The molecule has 0 spiro atoms. The van der Waals surface area contributed by atoms with E-state index in [1.807, 2.05) is 0 Å². The van der Waals surface area contributed by atoms with Crippen molar-refractivity contribution in [3.05, 3.63) is 84.3 Å². The molecule has 1 heterocycles. The van der Waals surface area contributed by atoms with Crippen LogP contribution in [-0.4, -0.2) is 34.0 Å². The van der Waals surface area contributed by atoms with Gasteiger partial charge in [0.25, 0.3) is 12.8 Å². The van der Waals surface area contributed by atoms with Crippen LogP contribution in [0.15, 0.2) is 72.9 Å². The van der Waals surface area contributed by atoms with Crippen molar-refractivity contribution in [3.8, 4) is 17.2 Å². The number of hydrogen-bond acceptors (Lipinski definition) is 4. The van der Waals surface area contributed by atoms with E-state index >= 15 is 0 Å². The molecule has 0 bridgehead atoms. The molecule has 5 nitrogen and oxygen atoms in total. The second kappa shape index (κ2) is 9.10. The molecule has 2 unspecified atom stereocenters. The fraction of sp³-hybridized carbons (Fsp3) is 0.174. The second-order valence-electron chi connectivity index (χ2n) is 7.39. The van der Waals surface area contributed by atoms with E-state index in [1.54, 1.807) is 0 Å². The van der Waals surface area contributed by atoms with Gasteiger partial charge in [-0.2, -0.15) is 9.49 Å². The Morgan fingerprint density at radius 2 is 1.57 bits per heavy atom. The predicted molar refractivity (Wildman–Crippen MR) is 110 cm³/mol. The number of benzene rings is 3. The van der Waals surface area contributed by atoms with Crippen molar-refractivity contribution in [1.82, 2.24) is 9.78 Å². The minimum atomic E-state index is -5.04. The number of alkyl halides is 6. The van der Waals surface area contributed by atoms with Gasteiger partial charge in [-0.15, -0.1) is 13.2 Å². The summed E-state index contributed by atoms with van der Waals surface area (Å²) < 4.78 is 103. The third kappa shape index (κ3) is 5.02. The number of ether oxygens (including phenoxy) is 2. The number of aromatic nitrogens is 2. The van der Waals surface area contributed by atoms with Crippen LogP contribution in [0.2, 0.25) is 0 Å². The van der Waals surface area contributed by atoms with E-state index in [0.717, 1.165) is 30.3 Å². The normalized spacial score (nSPS) is 14.7. The van der Waals surface area contributed by atoms with E-state index in [4.69, 9.17) is 4.74 Å². The van der Waals surface area contributed by atoms with Gasteiger partial charge in [0.2, 0.25) is 5.60 Å². The topological polar surface area (TPSA) is 56.5 Å². The fourth-order valence-corrected chi connectivity index (χ4v) is 3.38. The first kappa shape index (κ1) is 24.3. The molecule has 2 atom stereocenters. The van der Waals surface area contributed by atoms with Crippen LogP contribution >= 0.6 is 0 Å². The molecule has 184 valence electrons. The molecule has 0 saturated carbocycles. The van der Waals surface area contributed by atoms with Crippen LogP contribution < -0.4 is 9.47 Å². The summed E-state index contributed by atoms with van der Waals surface area (Å²) in [5.41, 5.74) is -3.18. The molecule has 4 aromatic rings. The third-order valence-corrected chi connectivity index (χ3v) is 5.06. The van der Waals surface area contributed by atoms with Crippen molar-refractivity contribution in [1.29, 1.82) is 0 Å². The van der Waals surface area contributed by atoms with E-state index in [1.165, 1.54) is 41.2 Å². The minimum absolute atomic E-state index is 0.249. The summed E-state index contributed by atoms with van der Waals surface area (Å²) in [6.45, 7) is 0. The van der Waals surface area contributed by atoms with Crippen molar-refractivity contribution in [2.24, 2.45) is 0 Å². The van der Waals surface area contributed by atoms with Gasteiger partial charge < -0.3 is 14.6 Å². The fourth-order valence-electron chi connectivity index (χ4n) is 3.38. The predicted octanol–water partition coefficient (Wildman–Crippen LogP) is 5.89. The van der Waals surface area contributed by atoms with E-state index in [-0.39, 0.29) is 5.39 Å². The highest BCUT2D eigenvalue weighted by Gasteiger charge is 2.50. The smallest absolute Gasteiger partial charge is 0.456 e. The number of hydrogen-bond donors (Lipinski definition) is 1. The SMILES string of the molecule is OC(c1ccc2c(cnn2-c2ccc(F)cc2)c1)(C(F)F)C(F)Oc1cccc(OC(F)(F)F)c1. The number of fused-ring (bicyclic) bond motifs is 1. The van der Waals surface area contributed by atoms with E-state index < -0.39 is 47.6 Å². The second-order valence-corrected chi connectivity index (χ2v) is 7.39. The summed E-state index contributed by atoms with van der Waals surface area (Å²) in [5, 5.41) is 15.0. The van der Waals surface area contributed by atoms with Gasteiger partial charge in [-0.25, -0.2) is 17.9 Å². The third-order valence-electron chi connectivity index (χ3n) is 5.06. The van der Waals surface area contributed by atoms with Crippen LogP contribution in [0.3, 0.4) is 0 Å². The highest BCUT2D eigenvalue weighted by molar-refractivity contribution is 5.81. The molecule has 0 saturated heterocycles. The zero-order valence-corrected chi connectivity index (χ0v) is 17.4. The van der Waals surface area contributed by atoms with Gasteiger partial charge >= 0.3 is 6.36 Å². The summed E-state index contributed by atoms with van der Waals surface area (Å²) >= 11 is 0. The largest absolute Gasteiger partial charge is 0.573 e. The minimum Gasteiger partial charge on any atom is -0.456 e. The van der Waals surface area contributed by atoms with Crippen LogP contribution in [0.1, 0.15) is 5.56 Å². The van der Waals surface area contributed by atoms with Crippen molar-refractivity contribution in [2.75, 3.05) is 0 Å². The van der Waals surface area contributed by atoms with Crippen LogP contribution in [0.4, 0.5) is 30.7 Å². The highest BCUT2D eigenvalue weighted by Crippen LogP contribution is 2.37. The Kier molecular flexibility index (Phi) is 6.32. The van der Waals surface area contributed by atoms with Crippen LogP contribution in [0, 0.1) is 5.82 Å². The lowest BCUT2D eigenvalue weighted by Crippen LogP contribution is -2.46. The summed E-state index contributed by atoms with van der Waals surface area (Å²) in [6, 6.07) is 12.3. The molecule has 0 radical (unpaired) electrons. The first-order valence-corrected chi connectivity index (χ1v) is 9.88. The molecule has 1 aromatic heterocycles. The van der Waals surface area contributed by atoms with Gasteiger partial charge in [-0.1, -0.05) is 12.1 Å². The lowest BCUT2D eigenvalue weighted by molar-refractivity contribution is -0.274. The Morgan fingerprint density at radius 3 is 2.23 bits per heavy atom. The van der Waals surface area contributed by atoms with Crippen molar-refractivity contribution >= 4 is 10.9 Å². The number of nitrogens with zero attached hydrogens (tertiary/aromatic N) is 2. The van der Waals surface area contributed by atoms with Gasteiger partial charge in [0.1, 0.15) is 17.3 Å². The Labute approximate surface area is 192 Å². The lowest BCUT2D eigenvalue weighted by atomic mass is 9.93.